The van der Waals surface area contributed by atoms with Crippen molar-refractivity contribution < 1.29 is 9.47 Å². The smallest absolute Gasteiger partial charge is 0.158 e. The van der Waals surface area contributed by atoms with Crippen molar-refractivity contribution in [2.24, 2.45) is 5.11 Å². The minimum atomic E-state index is -0.129. The zero-order chi connectivity index (χ0) is 20.9. The first-order valence-electron chi connectivity index (χ1n) is 9.73. The second kappa shape index (κ2) is 9.00. The highest BCUT2D eigenvalue weighted by molar-refractivity contribution is 5.76. The molecule has 30 heavy (non-hydrogen) atoms. The van der Waals surface area contributed by atoms with Crippen molar-refractivity contribution in [1.29, 1.82) is 0 Å². The van der Waals surface area contributed by atoms with E-state index in [9.17, 15) is 0 Å². The molecule has 1 aromatic carbocycles. The number of likely N-dealkylation sites (tertiary alicyclic amines) is 1. The van der Waals surface area contributed by atoms with Crippen molar-refractivity contribution in [3.8, 4) is 5.75 Å². The largest absolute Gasteiger partial charge is 0.497 e. The number of anilines is 2. The van der Waals surface area contributed by atoms with Crippen LogP contribution in [0, 0.1) is 0 Å². The van der Waals surface area contributed by atoms with Gasteiger partial charge in [-0.3, -0.25) is 4.90 Å². The van der Waals surface area contributed by atoms with Crippen molar-refractivity contribution in [2.75, 3.05) is 32.6 Å². The number of azide groups is 1. The molecule has 1 N–H and O–H groups in total. The van der Waals surface area contributed by atoms with Crippen LogP contribution < -0.4 is 10.1 Å². The van der Waals surface area contributed by atoms with Crippen LogP contribution in [-0.2, 0) is 11.3 Å². The van der Waals surface area contributed by atoms with E-state index < -0.39 is 0 Å². The molecule has 3 aromatic rings. The highest BCUT2D eigenvalue weighted by Crippen LogP contribution is 2.27. The molecule has 4 rings (SSSR count). The molecule has 0 saturated carbocycles. The van der Waals surface area contributed by atoms with Crippen molar-refractivity contribution in [3.05, 3.63) is 58.9 Å². The van der Waals surface area contributed by atoms with E-state index in [1.165, 1.54) is 6.33 Å². The van der Waals surface area contributed by atoms with Gasteiger partial charge in [0.15, 0.2) is 5.82 Å². The van der Waals surface area contributed by atoms with Crippen LogP contribution in [0.3, 0.4) is 0 Å². The van der Waals surface area contributed by atoms with Crippen LogP contribution >= 0.6 is 0 Å². The lowest BCUT2D eigenvalue weighted by Crippen LogP contribution is -2.46. The molecule has 1 saturated heterocycles. The first-order chi connectivity index (χ1) is 14.7. The molecule has 0 unspecified atom stereocenters. The molecule has 2 atom stereocenters. The van der Waals surface area contributed by atoms with Gasteiger partial charge in [-0.05, 0) is 42.3 Å². The second-order valence-corrected chi connectivity index (χ2v) is 7.17. The van der Waals surface area contributed by atoms with Gasteiger partial charge in [0, 0.05) is 43.1 Å². The Balaban J connectivity index is 1.57. The summed E-state index contributed by atoms with van der Waals surface area (Å²) in [5, 5.41) is 11.6. The summed E-state index contributed by atoms with van der Waals surface area (Å²) in [5.74, 6) is 1.50. The molecule has 10 nitrogen and oxygen atoms in total. The molecule has 0 radical (unpaired) electrons. The Morgan fingerprint density at radius 3 is 3.03 bits per heavy atom. The second-order valence-electron chi connectivity index (χ2n) is 7.17. The predicted octanol–water partition coefficient (Wildman–Crippen LogP) is 3.38. The molecule has 0 bridgehead atoms. The Labute approximate surface area is 174 Å². The van der Waals surface area contributed by atoms with E-state index in [1.807, 2.05) is 35.0 Å². The third-order valence-corrected chi connectivity index (χ3v) is 5.37. The third-order valence-electron chi connectivity index (χ3n) is 5.37. The van der Waals surface area contributed by atoms with Gasteiger partial charge in [0.2, 0.25) is 0 Å². The molecule has 2 aromatic heterocycles. The highest BCUT2D eigenvalue weighted by Gasteiger charge is 2.29. The minimum absolute atomic E-state index is 0.117. The van der Waals surface area contributed by atoms with E-state index in [2.05, 4.69) is 36.4 Å². The quantitative estimate of drug-likeness (QED) is 0.364. The number of methoxy groups -OCH3 is 2. The van der Waals surface area contributed by atoms with Crippen molar-refractivity contribution in [3.63, 3.8) is 0 Å². The number of ether oxygens (including phenoxy) is 2. The van der Waals surface area contributed by atoms with E-state index >= 15 is 0 Å². The van der Waals surface area contributed by atoms with E-state index in [0.717, 1.165) is 47.8 Å². The summed E-state index contributed by atoms with van der Waals surface area (Å²) in [6.07, 6.45) is 4.11. The number of nitrogens with one attached hydrogen (secondary N) is 1. The highest BCUT2D eigenvalue weighted by atomic mass is 16.5. The summed E-state index contributed by atoms with van der Waals surface area (Å²) in [5.41, 5.74) is 11.7. The van der Waals surface area contributed by atoms with Crippen LogP contribution in [0.4, 0.5) is 11.5 Å². The molecule has 0 spiro atoms. The van der Waals surface area contributed by atoms with E-state index in [0.29, 0.717) is 6.54 Å². The summed E-state index contributed by atoms with van der Waals surface area (Å²) >= 11 is 0. The minimum Gasteiger partial charge on any atom is -0.497 e. The molecular formula is C20H24N8O2. The number of aromatic nitrogens is 3. The zero-order valence-electron chi connectivity index (χ0n) is 17.0. The van der Waals surface area contributed by atoms with Gasteiger partial charge >= 0.3 is 0 Å². The standard InChI is InChI=1S/C20H24N8O2/c1-29-16-5-3-4-15(10-16)24-20-19-14(6-9-28(19)23-13-22-20)11-27-8-7-17(25-26-21)18(12-27)30-2/h3-6,9-10,13,17-18H,7-8,11-12H2,1-2H3,(H,22,23,24)/t17-,18-/m1/s1. The maximum atomic E-state index is 8.77. The maximum absolute atomic E-state index is 8.77. The fraction of sp³-hybridized carbons (Fsp3) is 0.400. The number of benzene rings is 1. The fourth-order valence-electron chi connectivity index (χ4n) is 3.86. The average Bonchev–Trinajstić information content (AvgIpc) is 3.19. The van der Waals surface area contributed by atoms with Gasteiger partial charge < -0.3 is 14.8 Å². The first-order valence-corrected chi connectivity index (χ1v) is 9.73. The molecule has 156 valence electrons. The Kier molecular flexibility index (Phi) is 5.99. The molecule has 3 heterocycles. The molecule has 1 fully saturated rings. The van der Waals surface area contributed by atoms with Crippen molar-refractivity contribution in [2.45, 2.75) is 25.1 Å². The van der Waals surface area contributed by atoms with Gasteiger partial charge in [0.1, 0.15) is 17.6 Å². The normalized spacial score (nSPS) is 19.4. The lowest BCUT2D eigenvalue weighted by atomic mass is 10.0. The summed E-state index contributed by atoms with van der Waals surface area (Å²) in [6.45, 7) is 2.25. The Hall–Kier alpha value is -3.33. The Morgan fingerprint density at radius 1 is 1.33 bits per heavy atom. The zero-order valence-corrected chi connectivity index (χ0v) is 17.0. The number of fused-ring (bicyclic) bond motifs is 1. The Bertz CT molecular complexity index is 1060. The molecule has 1 aliphatic rings. The van der Waals surface area contributed by atoms with Crippen LogP contribution in [0.2, 0.25) is 0 Å². The van der Waals surface area contributed by atoms with Crippen LogP contribution in [0.15, 0.2) is 48.0 Å². The van der Waals surface area contributed by atoms with E-state index in [-0.39, 0.29) is 12.1 Å². The molecule has 0 aliphatic carbocycles. The fourth-order valence-corrected chi connectivity index (χ4v) is 3.86. The summed E-state index contributed by atoms with van der Waals surface area (Å²) in [6, 6.07) is 9.64. The predicted molar refractivity (Wildman–Crippen MR) is 113 cm³/mol. The van der Waals surface area contributed by atoms with Gasteiger partial charge in [-0.1, -0.05) is 11.2 Å². The monoisotopic (exact) mass is 408 g/mol. The summed E-state index contributed by atoms with van der Waals surface area (Å²) in [4.78, 5) is 9.72. The topological polar surface area (TPSA) is 113 Å². The lowest BCUT2D eigenvalue weighted by Gasteiger charge is -2.35. The molecule has 10 heteroatoms. The van der Waals surface area contributed by atoms with Gasteiger partial charge in [0.25, 0.3) is 0 Å². The van der Waals surface area contributed by atoms with Gasteiger partial charge in [-0.25, -0.2) is 9.50 Å². The van der Waals surface area contributed by atoms with Gasteiger partial charge in [-0.2, -0.15) is 5.10 Å². The SMILES string of the molecule is COc1cccc(Nc2ncnn3ccc(CN4CC[C@@H](N=[N+]=[N-])[C@H](OC)C4)c23)c1. The van der Waals surface area contributed by atoms with E-state index in [4.69, 9.17) is 15.0 Å². The Morgan fingerprint density at radius 2 is 2.23 bits per heavy atom. The van der Waals surface area contributed by atoms with Crippen molar-refractivity contribution in [1.82, 2.24) is 19.5 Å². The van der Waals surface area contributed by atoms with Crippen LogP contribution in [0.1, 0.15) is 12.0 Å². The average molecular weight is 408 g/mol. The molecular weight excluding hydrogens is 384 g/mol. The van der Waals surface area contributed by atoms with Gasteiger partial charge in [-0.15, -0.1) is 0 Å². The number of nitrogens with zero attached hydrogens (tertiary/aromatic N) is 7. The van der Waals surface area contributed by atoms with Crippen LogP contribution in [-0.4, -0.2) is 59.0 Å². The summed E-state index contributed by atoms with van der Waals surface area (Å²) in [7, 11) is 3.30. The lowest BCUT2D eigenvalue weighted by molar-refractivity contribution is 0.0143. The van der Waals surface area contributed by atoms with Crippen LogP contribution in [0.5, 0.6) is 5.75 Å². The summed E-state index contributed by atoms with van der Waals surface area (Å²) < 4.78 is 12.7. The van der Waals surface area contributed by atoms with Gasteiger partial charge in [0.05, 0.1) is 19.3 Å². The van der Waals surface area contributed by atoms with Crippen LogP contribution in [0.25, 0.3) is 16.0 Å². The molecule has 0 amide bonds. The number of hydrogen-bond acceptors (Lipinski definition) is 7. The third kappa shape index (κ3) is 4.16. The van der Waals surface area contributed by atoms with E-state index in [1.54, 1.807) is 14.2 Å². The number of hydrogen-bond donors (Lipinski definition) is 1. The van der Waals surface area contributed by atoms with Crippen molar-refractivity contribution >= 4 is 17.0 Å². The maximum Gasteiger partial charge on any atom is 0.158 e. The first kappa shape index (κ1) is 20.0. The number of piperidine rings is 1. The molecule has 1 aliphatic heterocycles. The number of rotatable bonds is 7.